The Bertz CT molecular complexity index is 45.6. The molecule has 0 fully saturated rings. The summed E-state index contributed by atoms with van der Waals surface area (Å²) in [7, 11) is 6.00. The van der Waals surface area contributed by atoms with E-state index in [2.05, 4.69) is 0 Å². The van der Waals surface area contributed by atoms with Crippen LogP contribution in [-0.4, -0.2) is 43.1 Å². The minimum Gasteiger partial charge on any atom is -0.392 e. The van der Waals surface area contributed by atoms with Crippen molar-refractivity contribution in [3.63, 3.8) is 0 Å². The van der Waals surface area contributed by atoms with Gasteiger partial charge in [-0.1, -0.05) is 0 Å². The standard InChI is InChI=1S/C3H7ClO.C3H9N/c1-3(5)2-4;1-4(2)3/h3,5H,2H2,1H3;1-3H3. The monoisotopic (exact) mass is 153 g/mol. The van der Waals surface area contributed by atoms with Gasteiger partial charge >= 0.3 is 0 Å². The Balaban J connectivity index is 0. The maximum Gasteiger partial charge on any atom is 0.0647 e. The van der Waals surface area contributed by atoms with Crippen LogP contribution >= 0.6 is 11.6 Å². The molecule has 0 saturated carbocycles. The van der Waals surface area contributed by atoms with E-state index in [-0.39, 0.29) is 6.10 Å². The predicted octanol–water partition coefficient (Wildman–Crippen LogP) is 0.784. The number of aliphatic hydroxyl groups is 1. The number of nitrogens with zero attached hydrogens (tertiary/aromatic N) is 1. The molecule has 0 aromatic heterocycles. The fourth-order valence-electron chi connectivity index (χ4n) is 0. The van der Waals surface area contributed by atoms with Crippen LogP contribution < -0.4 is 0 Å². The highest BCUT2D eigenvalue weighted by molar-refractivity contribution is 6.18. The summed E-state index contributed by atoms with van der Waals surface area (Å²) in [6, 6.07) is 0. The quantitative estimate of drug-likeness (QED) is 0.563. The smallest absolute Gasteiger partial charge is 0.0647 e. The highest BCUT2D eigenvalue weighted by atomic mass is 35.5. The number of hydrogen-bond acceptors (Lipinski definition) is 2. The zero-order chi connectivity index (χ0) is 7.86. The van der Waals surface area contributed by atoms with Crippen LogP contribution in [0, 0.1) is 0 Å². The molecule has 1 N–H and O–H groups in total. The van der Waals surface area contributed by atoms with Gasteiger partial charge in [-0.15, -0.1) is 11.6 Å². The molecule has 0 amide bonds. The van der Waals surface area contributed by atoms with Crippen molar-refractivity contribution in [2.24, 2.45) is 0 Å². The van der Waals surface area contributed by atoms with Gasteiger partial charge < -0.3 is 10.0 Å². The molecule has 0 heterocycles. The molecule has 58 valence electrons. The number of rotatable bonds is 1. The van der Waals surface area contributed by atoms with Gasteiger partial charge in [0.1, 0.15) is 0 Å². The van der Waals surface area contributed by atoms with Crippen molar-refractivity contribution in [2.45, 2.75) is 13.0 Å². The van der Waals surface area contributed by atoms with Crippen molar-refractivity contribution in [3.8, 4) is 0 Å². The number of alkyl halides is 1. The van der Waals surface area contributed by atoms with Crippen molar-refractivity contribution in [2.75, 3.05) is 27.0 Å². The fraction of sp³-hybridized carbons (Fsp3) is 1.00. The van der Waals surface area contributed by atoms with Gasteiger partial charge in [0.2, 0.25) is 0 Å². The van der Waals surface area contributed by atoms with E-state index in [1.807, 2.05) is 26.0 Å². The summed E-state index contributed by atoms with van der Waals surface area (Å²) < 4.78 is 0. The topological polar surface area (TPSA) is 23.5 Å². The van der Waals surface area contributed by atoms with E-state index >= 15 is 0 Å². The average molecular weight is 154 g/mol. The summed E-state index contributed by atoms with van der Waals surface area (Å²) >= 11 is 5.09. The summed E-state index contributed by atoms with van der Waals surface area (Å²) in [5, 5.41) is 8.23. The van der Waals surface area contributed by atoms with Crippen molar-refractivity contribution >= 4 is 11.6 Å². The third-order valence-corrected chi connectivity index (χ3v) is 0.670. The zero-order valence-corrected chi connectivity index (χ0v) is 7.31. The Morgan fingerprint density at radius 2 is 1.56 bits per heavy atom. The Kier molecular flexibility index (Phi) is 10.9. The first kappa shape index (κ1) is 11.9. The summed E-state index contributed by atoms with van der Waals surface area (Å²) in [5.74, 6) is 0.333. The van der Waals surface area contributed by atoms with Crippen molar-refractivity contribution in [1.82, 2.24) is 4.90 Å². The molecule has 0 saturated heterocycles. The molecule has 2 nitrogen and oxygen atoms in total. The largest absolute Gasteiger partial charge is 0.392 e. The lowest BCUT2D eigenvalue weighted by atomic mass is 10.5. The van der Waals surface area contributed by atoms with Gasteiger partial charge in [0.15, 0.2) is 0 Å². The molecular weight excluding hydrogens is 138 g/mol. The first-order valence-corrected chi connectivity index (χ1v) is 3.39. The molecule has 3 heteroatoms. The molecule has 0 aliphatic carbocycles. The molecule has 9 heavy (non-hydrogen) atoms. The van der Waals surface area contributed by atoms with Gasteiger partial charge in [0, 0.05) is 5.88 Å². The Hall–Kier alpha value is 0.210. The second-order valence-electron chi connectivity index (χ2n) is 2.34. The first-order valence-electron chi connectivity index (χ1n) is 2.85. The average Bonchev–Trinajstić information content (AvgIpc) is 1.65. The van der Waals surface area contributed by atoms with E-state index < -0.39 is 0 Å². The SMILES string of the molecule is CC(O)CCl.CN(C)C. The van der Waals surface area contributed by atoms with Crippen LogP contribution in [0.3, 0.4) is 0 Å². The summed E-state index contributed by atoms with van der Waals surface area (Å²) in [5.41, 5.74) is 0. The molecule has 0 aliphatic heterocycles. The molecule has 0 aromatic carbocycles. The van der Waals surface area contributed by atoms with Gasteiger partial charge in [-0.05, 0) is 28.1 Å². The Morgan fingerprint density at radius 1 is 1.44 bits per heavy atom. The van der Waals surface area contributed by atoms with E-state index in [1.165, 1.54) is 0 Å². The highest BCUT2D eigenvalue weighted by Crippen LogP contribution is 1.80. The summed E-state index contributed by atoms with van der Waals surface area (Å²) in [4.78, 5) is 2.00. The van der Waals surface area contributed by atoms with Gasteiger partial charge in [-0.2, -0.15) is 0 Å². The van der Waals surface area contributed by atoms with Crippen LogP contribution in [0.1, 0.15) is 6.92 Å². The molecule has 1 unspecified atom stereocenters. The molecule has 0 spiro atoms. The number of halogens is 1. The minimum atomic E-state index is -0.350. The van der Waals surface area contributed by atoms with Crippen LogP contribution in [-0.2, 0) is 0 Å². The van der Waals surface area contributed by atoms with Crippen LogP contribution in [0.25, 0.3) is 0 Å². The van der Waals surface area contributed by atoms with Gasteiger partial charge in [0.25, 0.3) is 0 Å². The number of aliphatic hydroxyl groups excluding tert-OH is 1. The molecule has 0 aliphatic rings. The molecular formula is C6H16ClNO. The first-order chi connectivity index (χ1) is 4.00. The zero-order valence-electron chi connectivity index (χ0n) is 6.56. The fourth-order valence-corrected chi connectivity index (χ4v) is 0. The van der Waals surface area contributed by atoms with Crippen molar-refractivity contribution < 1.29 is 5.11 Å². The van der Waals surface area contributed by atoms with Crippen LogP contribution in [0.5, 0.6) is 0 Å². The van der Waals surface area contributed by atoms with Gasteiger partial charge in [0.05, 0.1) is 6.10 Å². The van der Waals surface area contributed by atoms with E-state index in [1.54, 1.807) is 6.92 Å². The van der Waals surface area contributed by atoms with Crippen molar-refractivity contribution in [1.29, 1.82) is 0 Å². The van der Waals surface area contributed by atoms with E-state index in [9.17, 15) is 0 Å². The maximum absolute atomic E-state index is 8.23. The lowest BCUT2D eigenvalue weighted by Crippen LogP contribution is -1.99. The van der Waals surface area contributed by atoms with E-state index in [4.69, 9.17) is 16.7 Å². The Morgan fingerprint density at radius 3 is 1.56 bits per heavy atom. The van der Waals surface area contributed by atoms with Crippen LogP contribution in [0.4, 0.5) is 0 Å². The van der Waals surface area contributed by atoms with Crippen LogP contribution in [0.2, 0.25) is 0 Å². The third-order valence-electron chi connectivity index (χ3n) is 0.223. The van der Waals surface area contributed by atoms with E-state index in [0.29, 0.717) is 5.88 Å². The second kappa shape index (κ2) is 8.21. The van der Waals surface area contributed by atoms with Crippen molar-refractivity contribution in [3.05, 3.63) is 0 Å². The summed E-state index contributed by atoms with van der Waals surface area (Å²) in [6.07, 6.45) is -0.350. The van der Waals surface area contributed by atoms with Gasteiger partial charge in [-0.25, -0.2) is 0 Å². The van der Waals surface area contributed by atoms with E-state index in [0.717, 1.165) is 0 Å². The molecule has 0 radical (unpaired) electrons. The lowest BCUT2D eigenvalue weighted by Gasteiger charge is -1.90. The molecule has 0 bridgehead atoms. The van der Waals surface area contributed by atoms with Gasteiger partial charge in [-0.3, -0.25) is 0 Å². The second-order valence-corrected chi connectivity index (χ2v) is 2.65. The third kappa shape index (κ3) is 64.8. The predicted molar refractivity (Wildman–Crippen MR) is 42.0 cm³/mol. The Labute approximate surface area is 62.4 Å². The van der Waals surface area contributed by atoms with Crippen LogP contribution in [0.15, 0.2) is 0 Å². The highest BCUT2D eigenvalue weighted by Gasteiger charge is 1.83. The molecule has 0 rings (SSSR count). The molecule has 1 atom stereocenters. The minimum absolute atomic E-state index is 0.333. The normalized spacial score (nSPS) is 12.3. The number of hydrogen-bond donors (Lipinski definition) is 1. The lowest BCUT2D eigenvalue weighted by molar-refractivity contribution is 0.219. The molecule has 0 aromatic rings. The summed E-state index contributed by atoms with van der Waals surface area (Å²) in [6.45, 7) is 1.65. The maximum atomic E-state index is 8.23.